The van der Waals surface area contributed by atoms with E-state index < -0.39 is 30.0 Å². The van der Waals surface area contributed by atoms with Crippen LogP contribution < -0.4 is 32.0 Å². The molecule has 3 unspecified atom stereocenters. The van der Waals surface area contributed by atoms with Gasteiger partial charge in [-0.05, 0) is 0 Å². The predicted molar refractivity (Wildman–Crippen MR) is 95.3 cm³/mol. The van der Waals surface area contributed by atoms with Gasteiger partial charge in [0.05, 0.1) is 30.8 Å². The number of hydrazine groups is 1. The lowest BCUT2D eigenvalue weighted by Crippen LogP contribution is -2.51. The Hall–Kier alpha value is -2.34. The summed E-state index contributed by atoms with van der Waals surface area (Å²) in [6.07, 6.45) is 2.60. The van der Waals surface area contributed by atoms with Crippen molar-refractivity contribution in [3.05, 3.63) is 30.2 Å². The Morgan fingerprint density at radius 3 is 2.85 bits per heavy atom. The molecule has 3 aliphatic rings. The third-order valence-corrected chi connectivity index (χ3v) is 4.98. The summed E-state index contributed by atoms with van der Waals surface area (Å²) in [5.74, 6) is -1.95. The minimum Gasteiger partial charge on any atom is -0.372 e. The molecule has 146 valence electrons. The normalized spacial score (nSPS) is 28.3. The van der Waals surface area contributed by atoms with Crippen molar-refractivity contribution < 1.29 is 13.6 Å². The SMILES string of the molecule is NC1NN2CC(F)=CNC2C1C(=O)Nc1cncc(F)c1N1CCNCC1. The highest BCUT2D eigenvalue weighted by atomic mass is 19.1. The van der Waals surface area contributed by atoms with Crippen molar-refractivity contribution in [2.45, 2.75) is 12.3 Å². The third kappa shape index (κ3) is 3.46. The number of halogens is 2. The van der Waals surface area contributed by atoms with E-state index in [0.29, 0.717) is 24.5 Å². The van der Waals surface area contributed by atoms with Crippen LogP contribution in [-0.4, -0.2) is 61.0 Å². The zero-order chi connectivity index (χ0) is 19.0. The van der Waals surface area contributed by atoms with Crippen LogP contribution >= 0.6 is 0 Å². The Kier molecular flexibility index (Phi) is 4.91. The minimum absolute atomic E-state index is 0.0166. The van der Waals surface area contributed by atoms with E-state index in [1.807, 2.05) is 4.90 Å². The van der Waals surface area contributed by atoms with Gasteiger partial charge in [0.2, 0.25) is 5.91 Å². The molecular weight excluding hydrogens is 358 g/mol. The smallest absolute Gasteiger partial charge is 0.234 e. The summed E-state index contributed by atoms with van der Waals surface area (Å²) in [5, 5.41) is 10.4. The summed E-state index contributed by atoms with van der Waals surface area (Å²) >= 11 is 0. The fraction of sp³-hybridized carbons (Fsp3) is 0.500. The first kappa shape index (κ1) is 18.0. The Bertz CT molecular complexity index is 754. The number of rotatable bonds is 3. The third-order valence-electron chi connectivity index (χ3n) is 4.98. The lowest BCUT2D eigenvalue weighted by atomic mass is 10.0. The Morgan fingerprint density at radius 1 is 1.30 bits per heavy atom. The molecule has 4 rings (SSSR count). The molecule has 0 bridgehead atoms. The fourth-order valence-electron chi connectivity index (χ4n) is 3.72. The molecule has 4 heterocycles. The van der Waals surface area contributed by atoms with Gasteiger partial charge in [-0.3, -0.25) is 9.78 Å². The number of carbonyl (C=O) groups is 1. The van der Waals surface area contributed by atoms with Crippen LogP contribution in [0, 0.1) is 11.7 Å². The number of nitrogens with two attached hydrogens (primary N) is 1. The number of aromatic nitrogens is 1. The molecule has 2 saturated heterocycles. The van der Waals surface area contributed by atoms with Gasteiger partial charge in [-0.2, -0.15) is 0 Å². The minimum atomic E-state index is -0.703. The molecule has 1 aromatic rings. The molecule has 9 nitrogen and oxygen atoms in total. The van der Waals surface area contributed by atoms with Crippen LogP contribution in [0.5, 0.6) is 0 Å². The highest BCUT2D eigenvalue weighted by Gasteiger charge is 2.45. The first-order chi connectivity index (χ1) is 13.0. The average molecular weight is 380 g/mol. The molecule has 3 aliphatic heterocycles. The van der Waals surface area contributed by atoms with Crippen molar-refractivity contribution >= 4 is 17.3 Å². The number of amides is 1. The van der Waals surface area contributed by atoms with Crippen molar-refractivity contribution in [2.75, 3.05) is 42.9 Å². The molecule has 2 fully saturated rings. The number of fused-ring (bicyclic) bond motifs is 1. The second-order valence-electron chi connectivity index (χ2n) is 6.76. The predicted octanol–water partition coefficient (Wildman–Crippen LogP) is -0.970. The van der Waals surface area contributed by atoms with E-state index in [0.717, 1.165) is 19.3 Å². The highest BCUT2D eigenvalue weighted by Crippen LogP contribution is 2.30. The zero-order valence-electron chi connectivity index (χ0n) is 14.6. The Balaban J connectivity index is 1.55. The largest absolute Gasteiger partial charge is 0.372 e. The number of pyridine rings is 1. The van der Waals surface area contributed by atoms with Gasteiger partial charge in [0.1, 0.15) is 23.6 Å². The van der Waals surface area contributed by atoms with Crippen LogP contribution in [-0.2, 0) is 4.79 Å². The number of piperazine rings is 1. The summed E-state index contributed by atoms with van der Waals surface area (Å²) in [4.78, 5) is 18.7. The van der Waals surface area contributed by atoms with Crippen LogP contribution in [0.15, 0.2) is 24.4 Å². The van der Waals surface area contributed by atoms with Gasteiger partial charge in [-0.1, -0.05) is 0 Å². The van der Waals surface area contributed by atoms with Crippen molar-refractivity contribution in [1.82, 2.24) is 26.1 Å². The molecule has 0 aliphatic carbocycles. The molecule has 1 amide bonds. The first-order valence-corrected chi connectivity index (χ1v) is 8.83. The van der Waals surface area contributed by atoms with Crippen LogP contribution in [0.1, 0.15) is 0 Å². The number of anilines is 2. The van der Waals surface area contributed by atoms with Crippen LogP contribution in [0.3, 0.4) is 0 Å². The molecule has 3 atom stereocenters. The highest BCUT2D eigenvalue weighted by molar-refractivity contribution is 5.96. The quantitative estimate of drug-likeness (QED) is 0.456. The number of nitrogens with one attached hydrogen (secondary N) is 4. The van der Waals surface area contributed by atoms with Crippen molar-refractivity contribution in [2.24, 2.45) is 11.7 Å². The van der Waals surface area contributed by atoms with Gasteiger partial charge in [-0.15, -0.1) is 0 Å². The molecule has 27 heavy (non-hydrogen) atoms. The van der Waals surface area contributed by atoms with Crippen molar-refractivity contribution in [3.63, 3.8) is 0 Å². The summed E-state index contributed by atoms with van der Waals surface area (Å²) < 4.78 is 27.9. The number of hydrogen-bond donors (Lipinski definition) is 5. The summed E-state index contributed by atoms with van der Waals surface area (Å²) in [6, 6.07) is 0. The van der Waals surface area contributed by atoms with Crippen molar-refractivity contribution in [1.29, 1.82) is 0 Å². The molecule has 11 heteroatoms. The monoisotopic (exact) mass is 380 g/mol. The van der Waals surface area contributed by atoms with Gasteiger partial charge in [0.15, 0.2) is 5.82 Å². The van der Waals surface area contributed by atoms with Crippen LogP contribution in [0.4, 0.5) is 20.2 Å². The van der Waals surface area contributed by atoms with Gasteiger partial charge < -0.3 is 26.6 Å². The second kappa shape index (κ2) is 7.35. The second-order valence-corrected chi connectivity index (χ2v) is 6.76. The standard InChI is InChI=1S/C16H22F2N8O/c17-9-5-22-15-12(14(19)24-26(15)8-9)16(27)23-11-7-21-6-10(18)13(11)25-3-1-20-2-4-25/h5-7,12,14-15,20,22,24H,1-4,8,19H2,(H,23,27). The average Bonchev–Trinajstić information content (AvgIpc) is 2.97. The lowest BCUT2D eigenvalue weighted by Gasteiger charge is -2.32. The number of hydrogen-bond acceptors (Lipinski definition) is 8. The van der Waals surface area contributed by atoms with Gasteiger partial charge in [0, 0.05) is 32.4 Å². The van der Waals surface area contributed by atoms with Gasteiger partial charge >= 0.3 is 0 Å². The molecule has 0 spiro atoms. The van der Waals surface area contributed by atoms with Crippen LogP contribution in [0.25, 0.3) is 0 Å². The zero-order valence-corrected chi connectivity index (χ0v) is 14.6. The van der Waals surface area contributed by atoms with Gasteiger partial charge in [0.25, 0.3) is 0 Å². The van der Waals surface area contributed by atoms with E-state index in [1.54, 1.807) is 5.01 Å². The Labute approximate surface area is 154 Å². The number of nitrogens with zero attached hydrogens (tertiary/aromatic N) is 3. The lowest BCUT2D eigenvalue weighted by molar-refractivity contribution is -0.121. The first-order valence-electron chi connectivity index (χ1n) is 8.83. The molecule has 6 N–H and O–H groups in total. The molecule has 0 radical (unpaired) electrons. The number of carbonyl (C=O) groups excluding carboxylic acids is 1. The topological polar surface area (TPSA) is 111 Å². The van der Waals surface area contributed by atoms with E-state index >= 15 is 0 Å². The summed E-state index contributed by atoms with van der Waals surface area (Å²) in [6.45, 7) is 2.71. The van der Waals surface area contributed by atoms with E-state index in [9.17, 15) is 13.6 Å². The maximum absolute atomic E-state index is 14.5. The molecule has 1 aromatic heterocycles. The molecular formula is C16H22F2N8O. The van der Waals surface area contributed by atoms with Crippen LogP contribution in [0.2, 0.25) is 0 Å². The van der Waals surface area contributed by atoms with Gasteiger partial charge in [-0.25, -0.2) is 19.2 Å². The van der Waals surface area contributed by atoms with E-state index in [-0.39, 0.29) is 12.4 Å². The van der Waals surface area contributed by atoms with Crippen molar-refractivity contribution in [3.8, 4) is 0 Å². The Morgan fingerprint density at radius 2 is 2.07 bits per heavy atom. The maximum Gasteiger partial charge on any atom is 0.234 e. The van der Waals surface area contributed by atoms with E-state index in [1.165, 1.54) is 12.4 Å². The van der Waals surface area contributed by atoms with E-state index in [4.69, 9.17) is 5.73 Å². The summed E-state index contributed by atoms with van der Waals surface area (Å²) in [5.41, 5.74) is 9.55. The molecule has 0 aromatic carbocycles. The fourth-order valence-corrected chi connectivity index (χ4v) is 3.72. The van der Waals surface area contributed by atoms with E-state index in [2.05, 4.69) is 26.4 Å². The summed E-state index contributed by atoms with van der Waals surface area (Å²) in [7, 11) is 0. The molecule has 0 saturated carbocycles. The maximum atomic E-state index is 14.5.